The molecular formula is C17H23FN2O8. The van der Waals surface area contributed by atoms with Crippen molar-refractivity contribution in [1.29, 1.82) is 0 Å². The number of esters is 1. The maximum atomic E-state index is 14.2. The van der Waals surface area contributed by atoms with Crippen LogP contribution in [0.1, 0.15) is 49.2 Å². The quantitative estimate of drug-likeness (QED) is 0.355. The number of aliphatic hydroxyl groups is 2. The molecule has 0 saturated carbocycles. The van der Waals surface area contributed by atoms with Gasteiger partial charge in [0.1, 0.15) is 23.1 Å². The molecule has 28 heavy (non-hydrogen) atoms. The number of nitrogens with one attached hydrogen (secondary N) is 1. The Hall–Kier alpha value is -2.79. The van der Waals surface area contributed by atoms with Crippen molar-refractivity contribution in [3.63, 3.8) is 0 Å². The van der Waals surface area contributed by atoms with Crippen LogP contribution in [0.5, 0.6) is 0 Å². The topological polar surface area (TPSA) is 148 Å². The third kappa shape index (κ3) is 6.43. The summed E-state index contributed by atoms with van der Waals surface area (Å²) in [6.07, 6.45) is -4.30. The molecule has 0 aliphatic rings. The number of carbonyl (C=O) groups is 2. The molecule has 0 aromatic heterocycles. The predicted molar refractivity (Wildman–Crippen MR) is 94.2 cm³/mol. The van der Waals surface area contributed by atoms with Crippen molar-refractivity contribution >= 4 is 17.7 Å². The van der Waals surface area contributed by atoms with E-state index in [4.69, 9.17) is 4.74 Å². The fourth-order valence-corrected chi connectivity index (χ4v) is 2.23. The van der Waals surface area contributed by atoms with Crippen molar-refractivity contribution in [3.8, 4) is 0 Å². The molecule has 1 amide bonds. The summed E-state index contributed by atoms with van der Waals surface area (Å²) in [6.45, 7) is 4.90. The van der Waals surface area contributed by atoms with Crippen molar-refractivity contribution < 1.29 is 38.6 Å². The van der Waals surface area contributed by atoms with Gasteiger partial charge in [-0.1, -0.05) is 0 Å². The zero-order valence-electron chi connectivity index (χ0n) is 15.9. The van der Waals surface area contributed by atoms with E-state index in [2.05, 4.69) is 10.1 Å². The van der Waals surface area contributed by atoms with E-state index in [1.165, 1.54) is 0 Å². The first-order valence-electron chi connectivity index (χ1n) is 8.26. The largest absolute Gasteiger partial charge is 0.465 e. The number of amides is 1. The fourth-order valence-electron chi connectivity index (χ4n) is 2.23. The van der Waals surface area contributed by atoms with Gasteiger partial charge in [-0.15, -0.1) is 0 Å². The van der Waals surface area contributed by atoms with Crippen molar-refractivity contribution in [2.45, 2.75) is 45.0 Å². The van der Waals surface area contributed by atoms with Crippen LogP contribution in [0.4, 0.5) is 14.9 Å². The minimum absolute atomic E-state index is 0.100. The van der Waals surface area contributed by atoms with Crippen LogP contribution in [0.3, 0.4) is 0 Å². The average molecular weight is 402 g/mol. The molecule has 2 unspecified atom stereocenters. The van der Waals surface area contributed by atoms with Crippen LogP contribution in [-0.4, -0.2) is 52.6 Å². The number of methoxy groups -OCH3 is 1. The molecule has 0 fully saturated rings. The lowest BCUT2D eigenvalue weighted by molar-refractivity contribution is -0.385. The Kier molecular flexibility index (Phi) is 7.82. The van der Waals surface area contributed by atoms with E-state index in [1.54, 1.807) is 20.8 Å². The van der Waals surface area contributed by atoms with Gasteiger partial charge >= 0.3 is 12.1 Å². The van der Waals surface area contributed by atoms with Crippen molar-refractivity contribution in [3.05, 3.63) is 39.2 Å². The van der Waals surface area contributed by atoms with Gasteiger partial charge in [-0.2, -0.15) is 0 Å². The summed E-state index contributed by atoms with van der Waals surface area (Å²) < 4.78 is 23.6. The van der Waals surface area contributed by atoms with Crippen molar-refractivity contribution in [2.75, 3.05) is 13.7 Å². The number of hydrogen-bond acceptors (Lipinski definition) is 8. The summed E-state index contributed by atoms with van der Waals surface area (Å²) >= 11 is 0. The number of hydrogen-bond donors (Lipinski definition) is 3. The van der Waals surface area contributed by atoms with Gasteiger partial charge in [0.05, 0.1) is 18.1 Å². The van der Waals surface area contributed by atoms with Crippen LogP contribution in [0.15, 0.2) is 12.1 Å². The molecule has 3 N–H and O–H groups in total. The summed E-state index contributed by atoms with van der Waals surface area (Å²) in [5.41, 5.74) is -2.68. The van der Waals surface area contributed by atoms with Gasteiger partial charge in [0.15, 0.2) is 0 Å². The zero-order valence-corrected chi connectivity index (χ0v) is 15.9. The Bertz CT molecular complexity index is 747. The molecule has 0 bridgehead atoms. The number of nitrogens with zero attached hydrogens (tertiary/aromatic N) is 1. The molecule has 11 heteroatoms. The van der Waals surface area contributed by atoms with Crippen LogP contribution in [0.2, 0.25) is 0 Å². The second-order valence-electron chi connectivity index (χ2n) is 6.87. The molecule has 1 aromatic rings. The van der Waals surface area contributed by atoms with Gasteiger partial charge in [-0.3, -0.25) is 10.1 Å². The number of rotatable bonds is 7. The number of nitro benzene ring substituents is 1. The summed E-state index contributed by atoms with van der Waals surface area (Å²) in [5.74, 6) is -2.24. The minimum Gasteiger partial charge on any atom is -0.465 e. The molecule has 0 saturated heterocycles. The highest BCUT2D eigenvalue weighted by Gasteiger charge is 2.29. The molecule has 0 radical (unpaired) electrons. The number of carbonyl (C=O) groups excluding carboxylic acids is 2. The first kappa shape index (κ1) is 23.2. The van der Waals surface area contributed by atoms with Gasteiger partial charge in [0.2, 0.25) is 0 Å². The van der Waals surface area contributed by atoms with Gasteiger partial charge in [0, 0.05) is 18.2 Å². The molecule has 0 aliphatic carbocycles. The number of alkyl carbamates (subject to hydrolysis) is 1. The van der Waals surface area contributed by atoms with Crippen molar-refractivity contribution in [2.24, 2.45) is 0 Å². The van der Waals surface area contributed by atoms with Crippen molar-refractivity contribution in [1.82, 2.24) is 5.32 Å². The highest BCUT2D eigenvalue weighted by molar-refractivity contribution is 5.94. The number of ether oxygens (including phenoxy) is 2. The van der Waals surface area contributed by atoms with Gasteiger partial charge in [-0.25, -0.2) is 14.0 Å². The first-order chi connectivity index (χ1) is 12.9. The Morgan fingerprint density at radius 1 is 1.32 bits per heavy atom. The maximum absolute atomic E-state index is 14.2. The third-order valence-corrected chi connectivity index (χ3v) is 3.51. The monoisotopic (exact) mass is 402 g/mol. The highest BCUT2D eigenvalue weighted by atomic mass is 19.1. The minimum atomic E-state index is -1.83. The Labute approximate surface area is 160 Å². The molecule has 1 rings (SSSR count). The van der Waals surface area contributed by atoms with Crippen LogP contribution in [-0.2, 0) is 9.47 Å². The van der Waals surface area contributed by atoms with E-state index >= 15 is 0 Å². The van der Waals surface area contributed by atoms with E-state index in [1.807, 2.05) is 0 Å². The van der Waals surface area contributed by atoms with Crippen LogP contribution < -0.4 is 5.32 Å². The molecule has 1 aromatic carbocycles. The second kappa shape index (κ2) is 9.42. The smallest absolute Gasteiger partial charge is 0.407 e. The Morgan fingerprint density at radius 2 is 1.93 bits per heavy atom. The molecule has 0 heterocycles. The molecule has 2 atom stereocenters. The SMILES string of the molecule is COC(=O)c1cc(F)c(C(O)C(O)CCNC(=O)OC(C)(C)C)cc1[N+](=O)[O-]. The van der Waals surface area contributed by atoms with E-state index in [-0.39, 0.29) is 13.0 Å². The van der Waals surface area contributed by atoms with Gasteiger partial charge < -0.3 is 25.0 Å². The van der Waals surface area contributed by atoms with E-state index in [0.717, 1.165) is 7.11 Å². The number of benzene rings is 1. The Balaban J connectivity index is 2.89. The number of aliphatic hydroxyl groups excluding tert-OH is 2. The summed E-state index contributed by atoms with van der Waals surface area (Å²) in [5, 5.41) is 33.7. The summed E-state index contributed by atoms with van der Waals surface area (Å²) in [6, 6.07) is 1.23. The first-order valence-corrected chi connectivity index (χ1v) is 8.26. The third-order valence-electron chi connectivity index (χ3n) is 3.51. The maximum Gasteiger partial charge on any atom is 0.407 e. The van der Waals surface area contributed by atoms with E-state index < -0.39 is 57.4 Å². The summed E-state index contributed by atoms with van der Waals surface area (Å²) in [7, 11) is 0.980. The van der Waals surface area contributed by atoms with Crippen LogP contribution >= 0.6 is 0 Å². The van der Waals surface area contributed by atoms with Crippen LogP contribution in [0, 0.1) is 15.9 Å². The molecule has 156 valence electrons. The Morgan fingerprint density at radius 3 is 2.43 bits per heavy atom. The predicted octanol–water partition coefficient (Wildman–Crippen LogP) is 1.83. The second-order valence-corrected chi connectivity index (χ2v) is 6.87. The normalized spacial score (nSPS) is 13.4. The lowest BCUT2D eigenvalue weighted by atomic mass is 9.98. The fraction of sp³-hybridized carbons (Fsp3) is 0.529. The van der Waals surface area contributed by atoms with Crippen LogP contribution in [0.25, 0.3) is 0 Å². The number of halogens is 1. The lowest BCUT2D eigenvalue weighted by Crippen LogP contribution is -2.34. The van der Waals surface area contributed by atoms with E-state index in [9.17, 15) is 34.3 Å². The highest BCUT2D eigenvalue weighted by Crippen LogP contribution is 2.29. The average Bonchev–Trinajstić information content (AvgIpc) is 2.58. The molecule has 10 nitrogen and oxygen atoms in total. The molecule has 0 spiro atoms. The standard InChI is InChI=1S/C17H23FN2O8/c1-17(2,3)28-16(24)19-6-5-13(21)14(22)9-8-12(20(25)26)10(7-11(9)18)15(23)27-4/h7-8,13-14,21-22H,5-6H2,1-4H3,(H,19,24). The summed E-state index contributed by atoms with van der Waals surface area (Å²) in [4.78, 5) is 33.3. The lowest BCUT2D eigenvalue weighted by Gasteiger charge is -2.21. The van der Waals surface area contributed by atoms with Gasteiger partial charge in [0.25, 0.3) is 5.69 Å². The number of nitro groups is 1. The molecular weight excluding hydrogens is 379 g/mol. The van der Waals surface area contributed by atoms with E-state index in [0.29, 0.717) is 12.1 Å². The van der Waals surface area contributed by atoms with Gasteiger partial charge in [-0.05, 0) is 33.3 Å². The zero-order chi connectivity index (χ0) is 21.6. The molecule has 0 aliphatic heterocycles.